The van der Waals surface area contributed by atoms with Crippen molar-refractivity contribution in [2.24, 2.45) is 5.92 Å². The summed E-state index contributed by atoms with van der Waals surface area (Å²) in [4.78, 5) is 16.6. The molecule has 5 nitrogen and oxygen atoms in total. The zero-order valence-electron chi connectivity index (χ0n) is 14.3. The van der Waals surface area contributed by atoms with Crippen molar-refractivity contribution in [2.45, 2.75) is 19.8 Å². The number of likely N-dealkylation sites (tertiary alicyclic amines) is 1. The number of aryl methyl sites for hydroxylation is 1. The third-order valence-electron chi connectivity index (χ3n) is 4.94. The van der Waals surface area contributed by atoms with Gasteiger partial charge < -0.3 is 15.0 Å². The minimum absolute atomic E-state index is 0.136. The summed E-state index contributed by atoms with van der Waals surface area (Å²) in [5.74, 6) is 0.348. The first-order valence-electron chi connectivity index (χ1n) is 8.74. The molecule has 1 aromatic rings. The molecule has 1 aromatic carbocycles. The number of carbonyl (C=O) groups is 1. The maximum atomic E-state index is 13.6. The number of morpholine rings is 1. The van der Waals surface area contributed by atoms with Gasteiger partial charge in [-0.25, -0.2) is 9.18 Å². The second kappa shape index (κ2) is 7.94. The number of ether oxygens (including phenoxy) is 1. The van der Waals surface area contributed by atoms with Crippen LogP contribution in [0.5, 0.6) is 0 Å². The zero-order valence-corrected chi connectivity index (χ0v) is 14.3. The highest BCUT2D eigenvalue weighted by molar-refractivity contribution is 5.89. The molecule has 0 saturated carbocycles. The number of hydrogen-bond acceptors (Lipinski definition) is 3. The summed E-state index contributed by atoms with van der Waals surface area (Å²) < 4.78 is 18.9. The highest BCUT2D eigenvalue weighted by Crippen LogP contribution is 2.20. The van der Waals surface area contributed by atoms with E-state index in [1.807, 2.05) is 4.90 Å². The Bertz CT molecular complexity index is 567. The van der Waals surface area contributed by atoms with Crippen molar-refractivity contribution in [2.75, 3.05) is 51.3 Å². The van der Waals surface area contributed by atoms with Gasteiger partial charge in [-0.15, -0.1) is 0 Å². The number of piperidine rings is 1. The fourth-order valence-corrected chi connectivity index (χ4v) is 3.34. The molecule has 2 saturated heterocycles. The van der Waals surface area contributed by atoms with Gasteiger partial charge in [-0.3, -0.25) is 4.90 Å². The molecule has 0 unspecified atom stereocenters. The SMILES string of the molecule is Cc1ccc(NC(=O)N2CCC(CN3CCOCC3)CC2)cc1F. The molecule has 2 fully saturated rings. The first kappa shape index (κ1) is 17.2. The minimum atomic E-state index is -0.294. The smallest absolute Gasteiger partial charge is 0.321 e. The van der Waals surface area contributed by atoms with E-state index < -0.39 is 0 Å². The second-order valence-electron chi connectivity index (χ2n) is 6.74. The van der Waals surface area contributed by atoms with Gasteiger partial charge in [-0.1, -0.05) is 6.07 Å². The number of anilines is 1. The molecule has 0 bridgehead atoms. The summed E-state index contributed by atoms with van der Waals surface area (Å²) in [5, 5.41) is 2.80. The number of halogens is 1. The first-order chi connectivity index (χ1) is 11.6. The van der Waals surface area contributed by atoms with Crippen LogP contribution in [0.15, 0.2) is 18.2 Å². The van der Waals surface area contributed by atoms with E-state index in [-0.39, 0.29) is 11.8 Å². The lowest BCUT2D eigenvalue weighted by Gasteiger charge is -2.36. The Labute approximate surface area is 142 Å². The van der Waals surface area contributed by atoms with Crippen LogP contribution in [0, 0.1) is 18.7 Å². The molecule has 0 aromatic heterocycles. The largest absolute Gasteiger partial charge is 0.379 e. The summed E-state index contributed by atoms with van der Waals surface area (Å²) in [6.07, 6.45) is 2.04. The van der Waals surface area contributed by atoms with Gasteiger partial charge in [0.1, 0.15) is 5.82 Å². The molecule has 24 heavy (non-hydrogen) atoms. The number of carbonyl (C=O) groups excluding carboxylic acids is 1. The molecule has 2 aliphatic rings. The average Bonchev–Trinajstić information content (AvgIpc) is 2.60. The van der Waals surface area contributed by atoms with Crippen molar-refractivity contribution in [1.82, 2.24) is 9.80 Å². The Hall–Kier alpha value is -1.66. The van der Waals surface area contributed by atoms with E-state index >= 15 is 0 Å². The highest BCUT2D eigenvalue weighted by Gasteiger charge is 2.25. The number of rotatable bonds is 3. The predicted molar refractivity (Wildman–Crippen MR) is 91.7 cm³/mol. The van der Waals surface area contributed by atoms with Crippen molar-refractivity contribution in [3.05, 3.63) is 29.6 Å². The molecule has 2 heterocycles. The van der Waals surface area contributed by atoms with E-state index in [0.717, 1.165) is 58.8 Å². The normalized spacial score (nSPS) is 20.2. The third-order valence-corrected chi connectivity index (χ3v) is 4.94. The van der Waals surface area contributed by atoms with Crippen LogP contribution >= 0.6 is 0 Å². The van der Waals surface area contributed by atoms with Gasteiger partial charge in [0, 0.05) is 38.4 Å². The molecule has 2 aliphatic heterocycles. The average molecular weight is 335 g/mol. The molecule has 0 radical (unpaired) electrons. The van der Waals surface area contributed by atoms with Gasteiger partial charge in [0.15, 0.2) is 0 Å². The van der Waals surface area contributed by atoms with Gasteiger partial charge in [0.25, 0.3) is 0 Å². The fraction of sp³-hybridized carbons (Fsp3) is 0.611. The number of urea groups is 1. The van der Waals surface area contributed by atoms with E-state index in [1.54, 1.807) is 19.1 Å². The van der Waals surface area contributed by atoms with Crippen molar-refractivity contribution >= 4 is 11.7 Å². The van der Waals surface area contributed by atoms with E-state index in [2.05, 4.69) is 10.2 Å². The molecule has 132 valence electrons. The molecule has 6 heteroatoms. The summed E-state index contributed by atoms with van der Waals surface area (Å²) in [6, 6.07) is 4.66. The lowest BCUT2D eigenvalue weighted by Crippen LogP contribution is -2.45. The standard InChI is InChI=1S/C18H26FN3O2/c1-14-2-3-16(12-17(14)19)20-18(23)22-6-4-15(5-7-22)13-21-8-10-24-11-9-21/h2-3,12,15H,4-11,13H2,1H3,(H,20,23). The number of nitrogens with zero attached hydrogens (tertiary/aromatic N) is 2. The lowest BCUT2D eigenvalue weighted by molar-refractivity contribution is 0.0260. The van der Waals surface area contributed by atoms with E-state index in [9.17, 15) is 9.18 Å². The van der Waals surface area contributed by atoms with Crippen LogP contribution in [0.3, 0.4) is 0 Å². The van der Waals surface area contributed by atoms with Crippen LogP contribution in [0.4, 0.5) is 14.9 Å². The summed E-state index contributed by atoms with van der Waals surface area (Å²) in [7, 11) is 0. The van der Waals surface area contributed by atoms with Crippen molar-refractivity contribution < 1.29 is 13.9 Å². The van der Waals surface area contributed by atoms with Gasteiger partial charge in [-0.05, 0) is 43.4 Å². The quantitative estimate of drug-likeness (QED) is 0.924. The maximum absolute atomic E-state index is 13.6. The molecule has 0 aliphatic carbocycles. The maximum Gasteiger partial charge on any atom is 0.321 e. The van der Waals surface area contributed by atoms with Crippen LogP contribution in [0.25, 0.3) is 0 Å². The van der Waals surface area contributed by atoms with Crippen LogP contribution in [-0.2, 0) is 4.74 Å². The molecular formula is C18H26FN3O2. The van der Waals surface area contributed by atoms with Gasteiger partial charge in [0.05, 0.1) is 13.2 Å². The van der Waals surface area contributed by atoms with Crippen molar-refractivity contribution in [1.29, 1.82) is 0 Å². The minimum Gasteiger partial charge on any atom is -0.379 e. The molecule has 1 N–H and O–H groups in total. The Kier molecular flexibility index (Phi) is 5.68. The Morgan fingerprint density at radius 2 is 1.96 bits per heavy atom. The number of benzene rings is 1. The summed E-state index contributed by atoms with van der Waals surface area (Å²) in [6.45, 7) is 8.01. The van der Waals surface area contributed by atoms with Crippen LogP contribution in [-0.4, -0.2) is 61.8 Å². The molecule has 3 rings (SSSR count). The summed E-state index contributed by atoms with van der Waals surface area (Å²) >= 11 is 0. The van der Waals surface area contributed by atoms with Gasteiger partial charge in [0.2, 0.25) is 0 Å². The van der Waals surface area contributed by atoms with Crippen LogP contribution < -0.4 is 5.32 Å². The van der Waals surface area contributed by atoms with Gasteiger partial charge >= 0.3 is 6.03 Å². The Balaban J connectivity index is 1.45. The Morgan fingerprint density at radius 1 is 1.25 bits per heavy atom. The van der Waals surface area contributed by atoms with E-state index in [4.69, 9.17) is 4.74 Å². The highest BCUT2D eigenvalue weighted by atomic mass is 19.1. The molecule has 0 atom stereocenters. The second-order valence-corrected chi connectivity index (χ2v) is 6.74. The number of amides is 2. The van der Waals surface area contributed by atoms with Crippen LogP contribution in [0.1, 0.15) is 18.4 Å². The van der Waals surface area contributed by atoms with Crippen LogP contribution in [0.2, 0.25) is 0 Å². The van der Waals surface area contributed by atoms with Crippen molar-refractivity contribution in [3.63, 3.8) is 0 Å². The lowest BCUT2D eigenvalue weighted by atomic mass is 9.96. The fourth-order valence-electron chi connectivity index (χ4n) is 3.34. The first-order valence-corrected chi connectivity index (χ1v) is 8.74. The summed E-state index contributed by atoms with van der Waals surface area (Å²) in [5.41, 5.74) is 1.09. The molecule has 0 spiro atoms. The predicted octanol–water partition coefficient (Wildman–Crippen LogP) is 2.71. The topological polar surface area (TPSA) is 44.8 Å². The van der Waals surface area contributed by atoms with Gasteiger partial charge in [-0.2, -0.15) is 0 Å². The Morgan fingerprint density at radius 3 is 2.62 bits per heavy atom. The zero-order chi connectivity index (χ0) is 16.9. The van der Waals surface area contributed by atoms with E-state index in [1.165, 1.54) is 6.07 Å². The van der Waals surface area contributed by atoms with Crippen molar-refractivity contribution in [3.8, 4) is 0 Å². The monoisotopic (exact) mass is 335 g/mol. The van der Waals surface area contributed by atoms with E-state index in [0.29, 0.717) is 17.2 Å². The number of hydrogen-bond donors (Lipinski definition) is 1. The number of nitrogens with one attached hydrogen (secondary N) is 1. The third kappa shape index (κ3) is 4.45. The molecular weight excluding hydrogens is 309 g/mol. The molecule has 2 amide bonds.